The summed E-state index contributed by atoms with van der Waals surface area (Å²) in [5, 5.41) is 16.1. The number of hydrogen-bond donors (Lipinski definition) is 3. The molecular formula is C23H27N3O4. The van der Waals surface area contributed by atoms with Gasteiger partial charge in [0.25, 0.3) is 0 Å². The maximum atomic E-state index is 13.0. The fraction of sp³-hybridized carbons (Fsp3) is 0.304. The van der Waals surface area contributed by atoms with E-state index in [1.807, 2.05) is 42.1 Å². The summed E-state index contributed by atoms with van der Waals surface area (Å²) < 4.78 is 7.33. The highest BCUT2D eigenvalue weighted by Crippen LogP contribution is 2.22. The number of nitrogens with zero attached hydrogens (tertiary/aromatic N) is 1. The van der Waals surface area contributed by atoms with Crippen LogP contribution in [0, 0.1) is 0 Å². The van der Waals surface area contributed by atoms with Gasteiger partial charge < -0.3 is 25.0 Å². The molecule has 1 atom stereocenters. The van der Waals surface area contributed by atoms with Crippen molar-refractivity contribution in [3.05, 3.63) is 60.3 Å². The molecule has 1 aromatic heterocycles. The monoisotopic (exact) mass is 409 g/mol. The number of amides is 2. The second-order valence-electron chi connectivity index (χ2n) is 8.22. The molecule has 0 spiro atoms. The third kappa shape index (κ3) is 5.31. The average molecular weight is 409 g/mol. The lowest BCUT2D eigenvalue weighted by Crippen LogP contribution is -2.47. The number of nitrogens with one attached hydrogen (secondary N) is 2. The van der Waals surface area contributed by atoms with Gasteiger partial charge in [-0.1, -0.05) is 24.3 Å². The van der Waals surface area contributed by atoms with E-state index in [0.29, 0.717) is 5.69 Å². The van der Waals surface area contributed by atoms with Gasteiger partial charge in [-0.25, -0.2) is 4.79 Å². The Labute approximate surface area is 175 Å². The molecule has 0 aliphatic rings. The highest BCUT2D eigenvalue weighted by molar-refractivity contribution is 5.97. The zero-order valence-electron chi connectivity index (χ0n) is 17.6. The van der Waals surface area contributed by atoms with Crippen LogP contribution in [0.3, 0.4) is 0 Å². The Bertz CT molecular complexity index is 1070. The van der Waals surface area contributed by atoms with E-state index in [2.05, 4.69) is 10.6 Å². The number of fused-ring (bicyclic) bond motifs is 1. The summed E-state index contributed by atoms with van der Waals surface area (Å²) in [6.07, 6.45) is 1.57. The number of benzene rings is 2. The molecule has 0 unspecified atom stereocenters. The molecular weight excluding hydrogens is 382 g/mol. The number of carbonyl (C=O) groups excluding carboxylic acids is 2. The SMILES string of the molecule is Cn1cc(C[C@H](NC(=O)OC(C)(C)C)C(=O)Nc2cccc(O)c2)c2ccccc21. The van der Waals surface area contributed by atoms with E-state index in [0.717, 1.165) is 16.5 Å². The van der Waals surface area contributed by atoms with Crippen LogP contribution in [-0.4, -0.2) is 33.3 Å². The summed E-state index contributed by atoms with van der Waals surface area (Å²) in [5.74, 6) is -0.363. The number of carbonyl (C=O) groups is 2. The van der Waals surface area contributed by atoms with Gasteiger partial charge in [0, 0.05) is 42.3 Å². The van der Waals surface area contributed by atoms with Crippen molar-refractivity contribution in [2.24, 2.45) is 7.05 Å². The Morgan fingerprint density at radius 3 is 2.57 bits per heavy atom. The van der Waals surface area contributed by atoms with Crippen molar-refractivity contribution < 1.29 is 19.4 Å². The first-order valence-corrected chi connectivity index (χ1v) is 9.75. The fourth-order valence-corrected chi connectivity index (χ4v) is 3.28. The quantitative estimate of drug-likeness (QED) is 0.595. The summed E-state index contributed by atoms with van der Waals surface area (Å²) in [7, 11) is 1.94. The molecule has 0 aliphatic heterocycles. The van der Waals surface area contributed by atoms with Crippen LogP contribution in [0.1, 0.15) is 26.3 Å². The van der Waals surface area contributed by atoms with Crippen LogP contribution in [0.4, 0.5) is 10.5 Å². The predicted molar refractivity (Wildman–Crippen MR) is 117 cm³/mol. The van der Waals surface area contributed by atoms with Gasteiger partial charge in [-0.2, -0.15) is 0 Å². The second-order valence-corrected chi connectivity index (χ2v) is 8.22. The summed E-state index contributed by atoms with van der Waals surface area (Å²) in [6, 6.07) is 13.3. The zero-order chi connectivity index (χ0) is 21.9. The van der Waals surface area contributed by atoms with Crippen molar-refractivity contribution in [3.8, 4) is 5.75 Å². The third-order valence-corrected chi connectivity index (χ3v) is 4.52. The molecule has 0 fully saturated rings. The molecule has 7 heteroatoms. The lowest BCUT2D eigenvalue weighted by atomic mass is 10.0. The van der Waals surface area contributed by atoms with Crippen molar-refractivity contribution >= 4 is 28.6 Å². The van der Waals surface area contributed by atoms with Crippen LogP contribution >= 0.6 is 0 Å². The number of aryl methyl sites for hydroxylation is 1. The molecule has 0 bridgehead atoms. The lowest BCUT2D eigenvalue weighted by molar-refractivity contribution is -0.118. The van der Waals surface area contributed by atoms with E-state index in [4.69, 9.17) is 4.74 Å². The van der Waals surface area contributed by atoms with Crippen molar-refractivity contribution in [1.82, 2.24) is 9.88 Å². The molecule has 3 aromatic rings. The third-order valence-electron chi connectivity index (χ3n) is 4.52. The molecule has 0 saturated heterocycles. The van der Waals surface area contributed by atoms with Gasteiger partial charge in [0.15, 0.2) is 0 Å². The molecule has 1 heterocycles. The molecule has 7 nitrogen and oxygen atoms in total. The number of aromatic hydroxyl groups is 1. The predicted octanol–water partition coefficient (Wildman–Crippen LogP) is 3.96. The number of phenolic OH excluding ortho intramolecular Hbond substituents is 1. The van der Waals surface area contributed by atoms with Crippen molar-refractivity contribution in [3.63, 3.8) is 0 Å². The van der Waals surface area contributed by atoms with Gasteiger partial charge in [-0.05, 0) is 44.5 Å². The number of ether oxygens (including phenoxy) is 1. The Balaban J connectivity index is 1.86. The fourth-order valence-electron chi connectivity index (χ4n) is 3.28. The number of alkyl carbamates (subject to hydrolysis) is 1. The Morgan fingerprint density at radius 1 is 1.13 bits per heavy atom. The van der Waals surface area contributed by atoms with Gasteiger partial charge >= 0.3 is 6.09 Å². The van der Waals surface area contributed by atoms with Gasteiger partial charge in [0.2, 0.25) is 5.91 Å². The average Bonchev–Trinajstić information content (AvgIpc) is 2.96. The second kappa shape index (κ2) is 8.49. The molecule has 0 radical (unpaired) electrons. The largest absolute Gasteiger partial charge is 0.508 e. The molecule has 0 aliphatic carbocycles. The van der Waals surface area contributed by atoms with Gasteiger partial charge in [0.1, 0.15) is 17.4 Å². The summed E-state index contributed by atoms with van der Waals surface area (Å²) in [5.41, 5.74) is 1.72. The Hall–Kier alpha value is -3.48. The first-order valence-electron chi connectivity index (χ1n) is 9.75. The van der Waals surface area contributed by atoms with E-state index in [1.54, 1.807) is 32.9 Å². The van der Waals surface area contributed by atoms with Crippen molar-refractivity contribution in [2.75, 3.05) is 5.32 Å². The molecule has 2 aromatic carbocycles. The molecule has 2 amide bonds. The van der Waals surface area contributed by atoms with E-state index >= 15 is 0 Å². The minimum absolute atomic E-state index is 0.0403. The molecule has 158 valence electrons. The zero-order valence-corrected chi connectivity index (χ0v) is 17.6. The molecule has 3 N–H and O–H groups in total. The van der Waals surface area contributed by atoms with E-state index in [-0.39, 0.29) is 12.2 Å². The highest BCUT2D eigenvalue weighted by Gasteiger charge is 2.26. The van der Waals surface area contributed by atoms with Crippen LogP contribution < -0.4 is 10.6 Å². The van der Waals surface area contributed by atoms with Crippen molar-refractivity contribution in [1.29, 1.82) is 0 Å². The maximum Gasteiger partial charge on any atom is 0.408 e. The van der Waals surface area contributed by atoms with Crippen molar-refractivity contribution in [2.45, 2.75) is 38.8 Å². The van der Waals surface area contributed by atoms with Crippen LogP contribution in [-0.2, 0) is 23.0 Å². The maximum absolute atomic E-state index is 13.0. The van der Waals surface area contributed by atoms with Gasteiger partial charge in [0.05, 0.1) is 0 Å². The first kappa shape index (κ1) is 21.2. The standard InChI is InChI=1S/C23H27N3O4/c1-23(2,3)30-22(29)25-19(21(28)24-16-8-7-9-17(27)13-16)12-15-14-26(4)20-11-6-5-10-18(15)20/h5-11,13-14,19,27H,12H2,1-4H3,(H,24,28)(H,25,29)/t19-/m0/s1. The highest BCUT2D eigenvalue weighted by atomic mass is 16.6. The summed E-state index contributed by atoms with van der Waals surface area (Å²) in [6.45, 7) is 5.29. The molecule has 3 rings (SSSR count). The summed E-state index contributed by atoms with van der Waals surface area (Å²) in [4.78, 5) is 25.4. The number of rotatable bonds is 5. The Kier molecular flexibility index (Phi) is 6.01. The number of hydrogen-bond acceptors (Lipinski definition) is 4. The van der Waals surface area contributed by atoms with Crippen LogP contribution in [0.2, 0.25) is 0 Å². The lowest BCUT2D eigenvalue weighted by Gasteiger charge is -2.23. The first-order chi connectivity index (χ1) is 14.1. The summed E-state index contributed by atoms with van der Waals surface area (Å²) >= 11 is 0. The normalized spacial score (nSPS) is 12.4. The van der Waals surface area contributed by atoms with E-state index in [1.165, 1.54) is 12.1 Å². The number of aromatic nitrogens is 1. The van der Waals surface area contributed by atoms with Crippen LogP contribution in [0.15, 0.2) is 54.7 Å². The van der Waals surface area contributed by atoms with E-state index in [9.17, 15) is 14.7 Å². The molecule has 30 heavy (non-hydrogen) atoms. The van der Waals surface area contributed by atoms with Crippen LogP contribution in [0.25, 0.3) is 10.9 Å². The number of phenols is 1. The molecule has 0 saturated carbocycles. The number of anilines is 1. The topological polar surface area (TPSA) is 92.6 Å². The minimum atomic E-state index is -0.868. The number of para-hydroxylation sites is 1. The van der Waals surface area contributed by atoms with Gasteiger partial charge in [-0.15, -0.1) is 0 Å². The van der Waals surface area contributed by atoms with Crippen LogP contribution in [0.5, 0.6) is 5.75 Å². The Morgan fingerprint density at radius 2 is 1.87 bits per heavy atom. The smallest absolute Gasteiger partial charge is 0.408 e. The minimum Gasteiger partial charge on any atom is -0.508 e. The van der Waals surface area contributed by atoms with Gasteiger partial charge in [-0.3, -0.25) is 4.79 Å². The van der Waals surface area contributed by atoms with E-state index < -0.39 is 23.6 Å².